The molecule has 1 saturated carbocycles. The van der Waals surface area contributed by atoms with Gasteiger partial charge in [-0.1, -0.05) is 27.7 Å². The molecule has 1 aliphatic heterocycles. The van der Waals surface area contributed by atoms with E-state index >= 15 is 0 Å². The van der Waals surface area contributed by atoms with E-state index in [1.54, 1.807) is 0 Å². The molecule has 1 saturated heterocycles. The Bertz CT molecular complexity index is 296. The molecule has 0 aromatic heterocycles. The van der Waals surface area contributed by atoms with Crippen molar-refractivity contribution >= 4 is 11.8 Å². The normalized spacial score (nSPS) is 34.3. The van der Waals surface area contributed by atoms with Crippen LogP contribution in [-0.4, -0.2) is 36.3 Å². The fourth-order valence-corrected chi connectivity index (χ4v) is 5.23. The molecule has 2 nitrogen and oxygen atoms in total. The third kappa shape index (κ3) is 5.44. The summed E-state index contributed by atoms with van der Waals surface area (Å²) in [6.07, 6.45) is 8.42. The highest BCUT2D eigenvalue weighted by Crippen LogP contribution is 2.42. The molecule has 0 aromatic carbocycles. The van der Waals surface area contributed by atoms with Gasteiger partial charge in [-0.15, -0.1) is 0 Å². The van der Waals surface area contributed by atoms with Gasteiger partial charge in [0, 0.05) is 23.7 Å². The molecule has 21 heavy (non-hydrogen) atoms. The summed E-state index contributed by atoms with van der Waals surface area (Å²) >= 11 is 2.19. The summed E-state index contributed by atoms with van der Waals surface area (Å²) in [4.78, 5) is 0. The van der Waals surface area contributed by atoms with Crippen molar-refractivity contribution in [1.82, 2.24) is 5.32 Å². The first-order chi connectivity index (χ1) is 10.0. The van der Waals surface area contributed by atoms with Crippen molar-refractivity contribution in [3.63, 3.8) is 0 Å². The van der Waals surface area contributed by atoms with E-state index in [1.165, 1.54) is 50.8 Å². The maximum absolute atomic E-state index is 5.81. The largest absolute Gasteiger partial charge is 0.377 e. The van der Waals surface area contributed by atoms with Gasteiger partial charge < -0.3 is 10.1 Å². The molecule has 0 bridgehead atoms. The van der Waals surface area contributed by atoms with Crippen LogP contribution in [0.2, 0.25) is 0 Å². The van der Waals surface area contributed by atoms with Crippen LogP contribution in [0.15, 0.2) is 0 Å². The number of hydrogen-bond acceptors (Lipinski definition) is 3. The molecule has 1 N–H and O–H groups in total. The Hall–Kier alpha value is 0.270. The number of ether oxygens (including phenoxy) is 1. The minimum absolute atomic E-state index is 0.457. The number of nitrogens with one attached hydrogen (secondary N) is 1. The topological polar surface area (TPSA) is 21.3 Å². The second-order valence-electron chi connectivity index (χ2n) is 7.94. The highest BCUT2D eigenvalue weighted by Gasteiger charge is 2.36. The molecule has 2 aliphatic rings. The molecule has 4 unspecified atom stereocenters. The fraction of sp³-hybridized carbons (Fsp3) is 1.00. The summed E-state index contributed by atoms with van der Waals surface area (Å²) < 4.78 is 5.81. The van der Waals surface area contributed by atoms with Gasteiger partial charge in [-0.25, -0.2) is 0 Å². The SMILES string of the molecule is CCCNC1CCC(C(C)(C)C)CC1SCC1CCCO1. The van der Waals surface area contributed by atoms with E-state index in [-0.39, 0.29) is 0 Å². The van der Waals surface area contributed by atoms with Gasteiger partial charge in [0.25, 0.3) is 0 Å². The number of rotatable bonds is 6. The molecule has 1 aliphatic carbocycles. The van der Waals surface area contributed by atoms with E-state index in [2.05, 4.69) is 44.8 Å². The van der Waals surface area contributed by atoms with E-state index in [1.807, 2.05) is 0 Å². The van der Waals surface area contributed by atoms with Crippen molar-refractivity contribution in [2.75, 3.05) is 18.9 Å². The predicted octanol–water partition coefficient (Wildman–Crippen LogP) is 4.48. The van der Waals surface area contributed by atoms with E-state index in [0.717, 1.165) is 23.8 Å². The molecule has 124 valence electrons. The smallest absolute Gasteiger partial charge is 0.0666 e. The van der Waals surface area contributed by atoms with E-state index < -0.39 is 0 Å². The van der Waals surface area contributed by atoms with E-state index in [4.69, 9.17) is 4.74 Å². The summed E-state index contributed by atoms with van der Waals surface area (Å²) in [5.74, 6) is 2.07. The quantitative estimate of drug-likeness (QED) is 0.781. The third-order valence-electron chi connectivity index (χ3n) is 5.19. The summed E-state index contributed by atoms with van der Waals surface area (Å²) in [5, 5.41) is 4.58. The van der Waals surface area contributed by atoms with Crippen LogP contribution in [0.3, 0.4) is 0 Å². The van der Waals surface area contributed by atoms with Crippen LogP contribution in [-0.2, 0) is 4.74 Å². The minimum atomic E-state index is 0.457. The van der Waals surface area contributed by atoms with Gasteiger partial charge in [0.2, 0.25) is 0 Å². The van der Waals surface area contributed by atoms with Crippen LogP contribution in [0, 0.1) is 11.3 Å². The predicted molar refractivity (Wildman–Crippen MR) is 94.1 cm³/mol. The van der Waals surface area contributed by atoms with Crippen LogP contribution >= 0.6 is 11.8 Å². The average Bonchev–Trinajstić information content (AvgIpc) is 2.95. The van der Waals surface area contributed by atoms with Crippen molar-refractivity contribution < 1.29 is 4.74 Å². The number of thioether (sulfide) groups is 1. The van der Waals surface area contributed by atoms with Crippen LogP contribution in [0.4, 0.5) is 0 Å². The molecule has 0 radical (unpaired) electrons. The standard InChI is InChI=1S/C18H35NOS/c1-5-10-19-16-9-8-14(18(2,3)4)12-17(16)21-13-15-7-6-11-20-15/h14-17,19H,5-13H2,1-4H3. The molecule has 2 rings (SSSR count). The van der Waals surface area contributed by atoms with E-state index in [0.29, 0.717) is 11.5 Å². The lowest BCUT2D eigenvalue weighted by atomic mass is 9.71. The zero-order valence-electron chi connectivity index (χ0n) is 14.5. The Morgan fingerprint density at radius 1 is 1.19 bits per heavy atom. The van der Waals surface area contributed by atoms with Gasteiger partial charge in [-0.3, -0.25) is 0 Å². The first-order valence-corrected chi connectivity index (χ1v) is 10.0. The zero-order chi connectivity index (χ0) is 15.3. The second kappa shape index (κ2) is 8.21. The summed E-state index contributed by atoms with van der Waals surface area (Å²) in [7, 11) is 0. The zero-order valence-corrected chi connectivity index (χ0v) is 15.3. The number of hydrogen-bond donors (Lipinski definition) is 1. The maximum Gasteiger partial charge on any atom is 0.0666 e. The average molecular weight is 314 g/mol. The van der Waals surface area contributed by atoms with Crippen LogP contribution in [0.1, 0.15) is 66.2 Å². The Labute approximate surface area is 136 Å². The molecular weight excluding hydrogens is 278 g/mol. The highest BCUT2D eigenvalue weighted by molar-refractivity contribution is 8.00. The monoisotopic (exact) mass is 313 g/mol. The minimum Gasteiger partial charge on any atom is -0.377 e. The molecule has 1 heterocycles. The fourth-order valence-electron chi connectivity index (χ4n) is 3.67. The van der Waals surface area contributed by atoms with E-state index in [9.17, 15) is 0 Å². The second-order valence-corrected chi connectivity index (χ2v) is 9.22. The highest BCUT2D eigenvalue weighted by atomic mass is 32.2. The molecule has 3 heteroatoms. The van der Waals surface area contributed by atoms with Crippen molar-refractivity contribution in [1.29, 1.82) is 0 Å². The molecule has 0 spiro atoms. The van der Waals surface area contributed by atoms with Gasteiger partial charge in [0.05, 0.1) is 6.10 Å². The van der Waals surface area contributed by atoms with Gasteiger partial charge >= 0.3 is 0 Å². The van der Waals surface area contributed by atoms with Gasteiger partial charge in [0.1, 0.15) is 0 Å². The van der Waals surface area contributed by atoms with Crippen LogP contribution < -0.4 is 5.32 Å². The van der Waals surface area contributed by atoms with Gasteiger partial charge in [-0.05, 0) is 56.4 Å². The summed E-state index contributed by atoms with van der Waals surface area (Å²) in [6, 6.07) is 0.718. The first kappa shape index (κ1) is 17.6. The Kier molecular flexibility index (Phi) is 6.89. The third-order valence-corrected chi connectivity index (χ3v) is 6.71. The summed E-state index contributed by atoms with van der Waals surface area (Å²) in [6.45, 7) is 11.7. The summed E-state index contributed by atoms with van der Waals surface area (Å²) in [5.41, 5.74) is 0.457. The van der Waals surface area contributed by atoms with Crippen molar-refractivity contribution in [2.24, 2.45) is 11.3 Å². The lowest BCUT2D eigenvalue weighted by molar-refractivity contribution is 0.128. The molecular formula is C18H35NOS. The first-order valence-electron chi connectivity index (χ1n) is 8.97. The molecule has 2 fully saturated rings. The Morgan fingerprint density at radius 3 is 2.62 bits per heavy atom. The molecule has 4 atom stereocenters. The van der Waals surface area contributed by atoms with Crippen LogP contribution in [0.25, 0.3) is 0 Å². The van der Waals surface area contributed by atoms with Gasteiger partial charge in [-0.2, -0.15) is 11.8 Å². The maximum atomic E-state index is 5.81. The lowest BCUT2D eigenvalue weighted by Gasteiger charge is -2.42. The van der Waals surface area contributed by atoms with Crippen molar-refractivity contribution in [2.45, 2.75) is 83.6 Å². The van der Waals surface area contributed by atoms with Crippen molar-refractivity contribution in [3.05, 3.63) is 0 Å². The Morgan fingerprint density at radius 2 is 2.00 bits per heavy atom. The van der Waals surface area contributed by atoms with Gasteiger partial charge in [0.15, 0.2) is 0 Å². The van der Waals surface area contributed by atoms with Crippen molar-refractivity contribution in [3.8, 4) is 0 Å². The molecule has 0 aromatic rings. The Balaban J connectivity index is 1.88. The van der Waals surface area contributed by atoms with Crippen LogP contribution in [0.5, 0.6) is 0 Å². The lowest BCUT2D eigenvalue weighted by Crippen LogP contribution is -2.45. The molecule has 0 amide bonds.